The molecular formula is C38H44N4. The van der Waals surface area contributed by atoms with Crippen molar-refractivity contribution >= 4 is 17.1 Å². The van der Waals surface area contributed by atoms with E-state index in [1.807, 2.05) is 55.0 Å². The summed E-state index contributed by atoms with van der Waals surface area (Å²) < 4.78 is 0. The smallest absolute Gasteiger partial charge is 0.0644 e. The number of allylic oxidation sites excluding steroid dienone is 9. The normalized spacial score (nSPS) is 18.2. The van der Waals surface area contributed by atoms with E-state index in [0.29, 0.717) is 0 Å². The lowest BCUT2D eigenvalue weighted by Gasteiger charge is -2.37. The molecule has 0 aliphatic heterocycles. The standard InChI is InChI=1S/C38H44N4/c1-8-30(3)36(22-21-31(9-2)41(32-16-11-10-12-17-32)34-19-14-26-39-28-34)42(35-20-15-27-40-29-35)33-18-13-24-38(7,25-23-33)37(4,5)6/h9-30H,2,8H2,1,3-7H3/b31-21+,36-22+. The zero-order valence-electron chi connectivity index (χ0n) is 25.9. The molecule has 1 aliphatic carbocycles. The summed E-state index contributed by atoms with van der Waals surface area (Å²) in [6, 6.07) is 18.5. The Bertz CT molecular complexity index is 1430. The minimum atomic E-state index is -0.0814. The van der Waals surface area contributed by atoms with Crippen LogP contribution in [0.2, 0.25) is 0 Å². The van der Waals surface area contributed by atoms with E-state index in [-0.39, 0.29) is 16.7 Å². The first-order valence-corrected chi connectivity index (χ1v) is 14.8. The van der Waals surface area contributed by atoms with Gasteiger partial charge in [0.2, 0.25) is 0 Å². The Balaban J connectivity index is 1.88. The molecule has 1 aromatic carbocycles. The van der Waals surface area contributed by atoms with E-state index in [4.69, 9.17) is 0 Å². The van der Waals surface area contributed by atoms with E-state index in [1.54, 1.807) is 6.20 Å². The Kier molecular flexibility index (Phi) is 9.80. The second kappa shape index (κ2) is 13.5. The van der Waals surface area contributed by atoms with E-state index < -0.39 is 0 Å². The second-order valence-electron chi connectivity index (χ2n) is 11.9. The molecule has 0 bridgehead atoms. The Labute approximate surface area is 252 Å². The molecule has 2 atom stereocenters. The van der Waals surface area contributed by atoms with Gasteiger partial charge in [-0.25, -0.2) is 0 Å². The van der Waals surface area contributed by atoms with Crippen LogP contribution in [0.25, 0.3) is 0 Å². The number of anilines is 3. The van der Waals surface area contributed by atoms with Crippen LogP contribution >= 0.6 is 0 Å². The molecule has 1 aliphatic rings. The minimum absolute atomic E-state index is 0.0760. The van der Waals surface area contributed by atoms with Crippen molar-refractivity contribution < 1.29 is 0 Å². The highest BCUT2D eigenvalue weighted by atomic mass is 15.2. The lowest BCUT2D eigenvalue weighted by atomic mass is 9.68. The molecule has 0 radical (unpaired) electrons. The Hall–Kier alpha value is -4.44. The summed E-state index contributed by atoms with van der Waals surface area (Å²) in [5, 5.41) is 0. The van der Waals surface area contributed by atoms with E-state index >= 15 is 0 Å². The van der Waals surface area contributed by atoms with Gasteiger partial charge in [-0.05, 0) is 84.5 Å². The lowest BCUT2D eigenvalue weighted by Crippen LogP contribution is -2.29. The van der Waals surface area contributed by atoms with Crippen LogP contribution in [0.1, 0.15) is 48.0 Å². The molecule has 0 saturated carbocycles. The third-order valence-corrected chi connectivity index (χ3v) is 8.27. The first kappa shape index (κ1) is 30.5. The molecule has 2 aromatic heterocycles. The molecule has 216 valence electrons. The summed E-state index contributed by atoms with van der Waals surface area (Å²) in [4.78, 5) is 13.4. The summed E-state index contributed by atoms with van der Waals surface area (Å²) in [7, 11) is 0. The first-order valence-electron chi connectivity index (χ1n) is 14.8. The summed E-state index contributed by atoms with van der Waals surface area (Å²) >= 11 is 0. The van der Waals surface area contributed by atoms with E-state index in [0.717, 1.165) is 34.9 Å². The largest absolute Gasteiger partial charge is 0.312 e. The van der Waals surface area contributed by atoms with E-state index in [1.165, 1.54) is 5.70 Å². The highest BCUT2D eigenvalue weighted by Crippen LogP contribution is 2.43. The van der Waals surface area contributed by atoms with Crippen molar-refractivity contribution in [1.29, 1.82) is 0 Å². The van der Waals surface area contributed by atoms with Crippen LogP contribution in [-0.4, -0.2) is 9.97 Å². The zero-order chi connectivity index (χ0) is 30.2. The molecule has 0 spiro atoms. The fourth-order valence-corrected chi connectivity index (χ4v) is 4.88. The molecule has 2 unspecified atom stereocenters. The molecule has 42 heavy (non-hydrogen) atoms. The molecule has 0 N–H and O–H groups in total. The number of hydrogen-bond acceptors (Lipinski definition) is 4. The average Bonchev–Trinajstić information content (AvgIpc) is 3.21. The Morgan fingerprint density at radius 1 is 0.881 bits per heavy atom. The molecule has 2 heterocycles. The maximum absolute atomic E-state index is 4.49. The summed E-state index contributed by atoms with van der Waals surface area (Å²) in [5.41, 5.74) is 6.25. The number of pyridine rings is 2. The van der Waals surface area contributed by atoms with Gasteiger partial charge in [0.05, 0.1) is 23.8 Å². The Morgan fingerprint density at radius 3 is 2.05 bits per heavy atom. The zero-order valence-corrected chi connectivity index (χ0v) is 25.9. The predicted octanol–water partition coefficient (Wildman–Crippen LogP) is 10.2. The van der Waals surface area contributed by atoms with Crippen molar-refractivity contribution in [2.75, 3.05) is 9.80 Å². The van der Waals surface area contributed by atoms with Crippen LogP contribution in [0.5, 0.6) is 0 Å². The second-order valence-corrected chi connectivity index (χ2v) is 11.9. The van der Waals surface area contributed by atoms with Gasteiger partial charge >= 0.3 is 0 Å². The summed E-state index contributed by atoms with van der Waals surface area (Å²) in [5.74, 6) is 0.270. The molecule has 4 heteroatoms. The fourth-order valence-electron chi connectivity index (χ4n) is 4.88. The third kappa shape index (κ3) is 6.88. The van der Waals surface area contributed by atoms with Gasteiger partial charge in [0.15, 0.2) is 0 Å². The van der Waals surface area contributed by atoms with Gasteiger partial charge < -0.3 is 9.80 Å². The lowest BCUT2D eigenvalue weighted by molar-refractivity contribution is 0.228. The predicted molar refractivity (Wildman–Crippen MR) is 179 cm³/mol. The van der Waals surface area contributed by atoms with Crippen LogP contribution in [0, 0.1) is 16.7 Å². The first-order chi connectivity index (χ1) is 20.2. The van der Waals surface area contributed by atoms with Gasteiger partial charge in [0.1, 0.15) is 0 Å². The van der Waals surface area contributed by atoms with Crippen molar-refractivity contribution in [3.05, 3.63) is 152 Å². The molecule has 4 nitrogen and oxygen atoms in total. The van der Waals surface area contributed by atoms with Gasteiger partial charge in [-0.3, -0.25) is 9.97 Å². The summed E-state index contributed by atoms with van der Waals surface area (Å²) in [6.45, 7) is 17.9. The Morgan fingerprint density at radius 2 is 1.50 bits per heavy atom. The van der Waals surface area contributed by atoms with E-state index in [2.05, 4.69) is 135 Å². The van der Waals surface area contributed by atoms with Gasteiger partial charge in [-0.1, -0.05) is 84.5 Å². The maximum Gasteiger partial charge on any atom is 0.0644 e. The van der Waals surface area contributed by atoms with Crippen molar-refractivity contribution in [3.8, 4) is 0 Å². The molecule has 0 fully saturated rings. The van der Waals surface area contributed by atoms with Gasteiger partial charge in [0.25, 0.3) is 0 Å². The quantitative estimate of drug-likeness (QED) is 0.233. The van der Waals surface area contributed by atoms with E-state index in [9.17, 15) is 0 Å². The molecule has 0 saturated heterocycles. The minimum Gasteiger partial charge on any atom is -0.312 e. The van der Waals surface area contributed by atoms with Crippen molar-refractivity contribution in [1.82, 2.24) is 9.97 Å². The molecule has 0 amide bonds. The highest BCUT2D eigenvalue weighted by Gasteiger charge is 2.33. The molecular weight excluding hydrogens is 512 g/mol. The number of rotatable bonds is 10. The van der Waals surface area contributed by atoms with Gasteiger partial charge in [-0.2, -0.15) is 0 Å². The number of benzene rings is 1. The van der Waals surface area contributed by atoms with Crippen LogP contribution in [0.4, 0.5) is 17.1 Å². The van der Waals surface area contributed by atoms with Gasteiger partial charge in [-0.15, -0.1) is 0 Å². The number of hydrogen-bond donors (Lipinski definition) is 0. The van der Waals surface area contributed by atoms with Crippen LogP contribution in [-0.2, 0) is 0 Å². The highest BCUT2D eigenvalue weighted by molar-refractivity contribution is 5.70. The van der Waals surface area contributed by atoms with Crippen LogP contribution in [0.15, 0.2) is 152 Å². The van der Waals surface area contributed by atoms with Gasteiger partial charge in [0, 0.05) is 40.6 Å². The number of aromatic nitrogens is 2. The SMILES string of the molecule is C=C/C(=C\C=C(/C(C)CC)N(C1=CC=CC(C)(C(C)(C)C)C=C1)c1cccnc1)N(c1ccccc1)c1cccnc1. The van der Waals surface area contributed by atoms with Crippen LogP contribution in [0.3, 0.4) is 0 Å². The summed E-state index contributed by atoms with van der Waals surface area (Å²) in [6.07, 6.45) is 26.0. The van der Waals surface area contributed by atoms with Crippen molar-refractivity contribution in [3.63, 3.8) is 0 Å². The molecule has 4 rings (SSSR count). The molecule has 3 aromatic rings. The topological polar surface area (TPSA) is 32.3 Å². The van der Waals surface area contributed by atoms with Crippen molar-refractivity contribution in [2.24, 2.45) is 16.7 Å². The van der Waals surface area contributed by atoms with Crippen LogP contribution < -0.4 is 9.80 Å². The maximum atomic E-state index is 4.49. The number of para-hydroxylation sites is 1. The third-order valence-electron chi connectivity index (χ3n) is 8.27. The monoisotopic (exact) mass is 556 g/mol. The average molecular weight is 557 g/mol. The number of nitrogens with zero attached hydrogens (tertiary/aromatic N) is 4. The fraction of sp³-hybridized carbons (Fsp3) is 0.263. The van der Waals surface area contributed by atoms with Crippen molar-refractivity contribution in [2.45, 2.75) is 48.0 Å².